The second kappa shape index (κ2) is 5.80. The summed E-state index contributed by atoms with van der Waals surface area (Å²) in [7, 11) is 0. The third kappa shape index (κ3) is 3.11. The molecule has 1 heterocycles. The van der Waals surface area contributed by atoms with E-state index in [9.17, 15) is 4.79 Å². The summed E-state index contributed by atoms with van der Waals surface area (Å²) in [4.78, 5) is 17.1. The normalized spacial score (nSPS) is 29.5. The number of piperazine rings is 1. The summed E-state index contributed by atoms with van der Waals surface area (Å²) in [6, 6.07) is 0.431. The van der Waals surface area contributed by atoms with E-state index in [1.54, 1.807) is 0 Å². The molecule has 2 N–H and O–H groups in total. The lowest BCUT2D eigenvalue weighted by molar-refractivity contribution is -0.140. The van der Waals surface area contributed by atoms with E-state index in [4.69, 9.17) is 5.73 Å². The second-order valence-electron chi connectivity index (χ2n) is 6.88. The van der Waals surface area contributed by atoms with Crippen LogP contribution in [-0.2, 0) is 4.79 Å². The highest BCUT2D eigenvalue weighted by Crippen LogP contribution is 2.43. The Kier molecular flexibility index (Phi) is 4.51. The Hall–Kier alpha value is -0.610. The van der Waals surface area contributed by atoms with Crippen LogP contribution in [0.2, 0.25) is 0 Å². The molecule has 0 bridgehead atoms. The average Bonchev–Trinajstić information content (AvgIpc) is 2.77. The van der Waals surface area contributed by atoms with Gasteiger partial charge in [0.2, 0.25) is 5.91 Å². The maximum Gasteiger partial charge on any atom is 0.226 e. The first-order valence-corrected chi connectivity index (χ1v) is 7.68. The number of carbonyl (C=O) groups excluding carboxylic acids is 1. The number of carbonyl (C=O) groups is 1. The molecule has 1 aliphatic carbocycles. The molecule has 1 aliphatic heterocycles. The van der Waals surface area contributed by atoms with Crippen LogP contribution in [0.4, 0.5) is 0 Å². The Morgan fingerprint density at radius 1 is 1.32 bits per heavy atom. The van der Waals surface area contributed by atoms with E-state index in [0.29, 0.717) is 18.5 Å². The van der Waals surface area contributed by atoms with Crippen molar-refractivity contribution < 1.29 is 4.79 Å². The molecule has 2 unspecified atom stereocenters. The smallest absolute Gasteiger partial charge is 0.226 e. The van der Waals surface area contributed by atoms with Crippen molar-refractivity contribution in [3.63, 3.8) is 0 Å². The van der Waals surface area contributed by atoms with Crippen molar-refractivity contribution >= 4 is 5.91 Å². The average molecular weight is 267 g/mol. The molecule has 2 aliphatic rings. The van der Waals surface area contributed by atoms with E-state index < -0.39 is 0 Å². The van der Waals surface area contributed by atoms with Gasteiger partial charge in [-0.05, 0) is 25.2 Å². The van der Waals surface area contributed by atoms with Gasteiger partial charge in [0.1, 0.15) is 0 Å². The Morgan fingerprint density at radius 2 is 1.95 bits per heavy atom. The van der Waals surface area contributed by atoms with E-state index >= 15 is 0 Å². The zero-order valence-electron chi connectivity index (χ0n) is 12.7. The van der Waals surface area contributed by atoms with Crippen molar-refractivity contribution in [3.8, 4) is 0 Å². The van der Waals surface area contributed by atoms with Crippen LogP contribution in [0.15, 0.2) is 0 Å². The molecule has 19 heavy (non-hydrogen) atoms. The molecule has 0 aromatic heterocycles. The van der Waals surface area contributed by atoms with Crippen molar-refractivity contribution in [2.75, 3.05) is 32.7 Å². The summed E-state index contributed by atoms with van der Waals surface area (Å²) >= 11 is 0. The summed E-state index contributed by atoms with van der Waals surface area (Å²) < 4.78 is 0. The summed E-state index contributed by atoms with van der Waals surface area (Å²) in [5.74, 6) is 0.633. The molecular weight excluding hydrogens is 238 g/mol. The van der Waals surface area contributed by atoms with Gasteiger partial charge in [-0.25, -0.2) is 0 Å². The molecule has 110 valence electrons. The van der Waals surface area contributed by atoms with Crippen LogP contribution in [0.5, 0.6) is 0 Å². The molecule has 1 saturated carbocycles. The molecule has 4 heteroatoms. The maximum absolute atomic E-state index is 12.6. The van der Waals surface area contributed by atoms with E-state index in [1.807, 2.05) is 0 Å². The van der Waals surface area contributed by atoms with Crippen LogP contribution in [0.1, 0.15) is 40.0 Å². The lowest BCUT2D eigenvalue weighted by atomic mass is 9.81. The molecule has 1 saturated heterocycles. The molecule has 0 spiro atoms. The lowest BCUT2D eigenvalue weighted by Crippen LogP contribution is -2.54. The number of rotatable bonds is 3. The Bertz CT molecular complexity index is 321. The van der Waals surface area contributed by atoms with E-state index in [0.717, 1.165) is 32.6 Å². The van der Waals surface area contributed by atoms with E-state index in [2.05, 4.69) is 30.6 Å². The molecule has 0 aromatic rings. The minimum absolute atomic E-state index is 0.193. The fourth-order valence-electron chi connectivity index (χ4n) is 3.54. The summed E-state index contributed by atoms with van der Waals surface area (Å²) in [5.41, 5.74) is 5.90. The van der Waals surface area contributed by atoms with Gasteiger partial charge in [-0.15, -0.1) is 0 Å². The number of hydrogen-bond acceptors (Lipinski definition) is 3. The van der Waals surface area contributed by atoms with Gasteiger partial charge >= 0.3 is 0 Å². The van der Waals surface area contributed by atoms with Crippen molar-refractivity contribution in [3.05, 3.63) is 0 Å². The number of hydrogen-bond donors (Lipinski definition) is 1. The summed E-state index contributed by atoms with van der Waals surface area (Å²) in [6.07, 6.45) is 3.46. The monoisotopic (exact) mass is 267 g/mol. The van der Waals surface area contributed by atoms with Crippen LogP contribution in [-0.4, -0.2) is 54.5 Å². The predicted molar refractivity (Wildman–Crippen MR) is 77.8 cm³/mol. The van der Waals surface area contributed by atoms with Crippen LogP contribution < -0.4 is 5.73 Å². The minimum atomic E-state index is 0.193. The van der Waals surface area contributed by atoms with Crippen molar-refractivity contribution in [1.29, 1.82) is 0 Å². The van der Waals surface area contributed by atoms with Crippen LogP contribution in [0.3, 0.4) is 0 Å². The molecule has 0 aromatic carbocycles. The predicted octanol–water partition coefficient (Wildman–Crippen LogP) is 1.30. The summed E-state index contributed by atoms with van der Waals surface area (Å²) in [6.45, 7) is 11.0. The van der Waals surface area contributed by atoms with Crippen LogP contribution in [0.25, 0.3) is 0 Å². The largest absolute Gasteiger partial charge is 0.340 e. The van der Waals surface area contributed by atoms with Gasteiger partial charge in [0.25, 0.3) is 0 Å². The molecule has 2 fully saturated rings. The topological polar surface area (TPSA) is 49.6 Å². The van der Waals surface area contributed by atoms with Gasteiger partial charge in [0.15, 0.2) is 0 Å². The first-order valence-electron chi connectivity index (χ1n) is 7.68. The van der Waals surface area contributed by atoms with E-state index in [1.165, 1.54) is 12.8 Å². The lowest BCUT2D eigenvalue weighted by Gasteiger charge is -2.40. The van der Waals surface area contributed by atoms with Gasteiger partial charge in [0.05, 0.1) is 0 Å². The minimum Gasteiger partial charge on any atom is -0.340 e. The molecule has 1 amide bonds. The van der Waals surface area contributed by atoms with Crippen LogP contribution in [0, 0.1) is 11.3 Å². The molecule has 2 rings (SSSR count). The quantitative estimate of drug-likeness (QED) is 0.838. The third-order valence-corrected chi connectivity index (χ3v) is 5.15. The van der Waals surface area contributed by atoms with E-state index in [-0.39, 0.29) is 11.3 Å². The van der Waals surface area contributed by atoms with Crippen molar-refractivity contribution in [1.82, 2.24) is 9.80 Å². The number of nitrogens with two attached hydrogens (primary N) is 1. The van der Waals surface area contributed by atoms with Gasteiger partial charge in [-0.1, -0.05) is 20.3 Å². The number of nitrogens with zero attached hydrogens (tertiary/aromatic N) is 2. The van der Waals surface area contributed by atoms with Crippen molar-refractivity contribution in [2.24, 2.45) is 17.1 Å². The zero-order chi connectivity index (χ0) is 14.0. The molecule has 2 atom stereocenters. The second-order valence-corrected chi connectivity index (χ2v) is 6.88. The fourth-order valence-corrected chi connectivity index (χ4v) is 3.54. The zero-order valence-corrected chi connectivity index (χ0v) is 12.7. The first kappa shape index (κ1) is 14.8. The Labute approximate surface area is 117 Å². The number of amides is 1. The SMILES string of the molecule is CC(CN)N1CCN(C(=O)C2CCCC2(C)C)CC1. The van der Waals surface area contributed by atoms with Gasteiger partial charge in [-0.2, -0.15) is 0 Å². The third-order valence-electron chi connectivity index (χ3n) is 5.15. The van der Waals surface area contributed by atoms with Gasteiger partial charge in [-0.3, -0.25) is 9.69 Å². The highest BCUT2D eigenvalue weighted by molar-refractivity contribution is 5.80. The molecule has 4 nitrogen and oxygen atoms in total. The molecular formula is C15H29N3O. The van der Waals surface area contributed by atoms with Crippen molar-refractivity contribution in [2.45, 2.75) is 46.1 Å². The van der Waals surface area contributed by atoms with Crippen LogP contribution >= 0.6 is 0 Å². The Balaban J connectivity index is 1.89. The maximum atomic E-state index is 12.6. The highest BCUT2D eigenvalue weighted by Gasteiger charge is 2.41. The summed E-state index contributed by atoms with van der Waals surface area (Å²) in [5, 5.41) is 0. The molecule has 0 radical (unpaired) electrons. The fraction of sp³-hybridized carbons (Fsp3) is 0.933. The standard InChI is InChI=1S/C15H29N3O/c1-12(11-16)17-7-9-18(10-8-17)14(19)13-5-4-6-15(13,2)3/h12-13H,4-11,16H2,1-3H3. The Morgan fingerprint density at radius 3 is 2.42 bits per heavy atom. The van der Waals surface area contributed by atoms with Gasteiger partial charge < -0.3 is 10.6 Å². The van der Waals surface area contributed by atoms with Gasteiger partial charge in [0, 0.05) is 44.7 Å². The highest BCUT2D eigenvalue weighted by atomic mass is 16.2. The first-order chi connectivity index (χ1) is 8.95.